The molecule has 2 fully saturated rings. The number of unbranched alkanes of at least 4 members (excludes halogenated alkanes) is 6. The SMILES string of the molecule is O=C(O)C=CC(=O)O.OCCCCCCN1CCN(C(c2ccccc2)c2ccccc2)CC1.c1ccc(C(c2ccccc2)N2CCN(CCCCCCOc3ccc4ncnn4n3)CC2)cc1. The van der Waals surface area contributed by atoms with Crippen molar-refractivity contribution in [1.82, 2.24) is 39.4 Å². The number of piperazine rings is 2. The summed E-state index contributed by atoms with van der Waals surface area (Å²) in [6.07, 6.45) is 11.9. The second-order valence-corrected chi connectivity index (χ2v) is 17.4. The van der Waals surface area contributed by atoms with Gasteiger partial charge in [0.05, 0.1) is 18.7 Å². The van der Waals surface area contributed by atoms with Crippen molar-refractivity contribution in [3.05, 3.63) is 174 Å². The molecule has 2 saturated heterocycles. The van der Waals surface area contributed by atoms with E-state index in [0.29, 0.717) is 43.3 Å². The Bertz CT molecular complexity index is 2260. The molecule has 14 nitrogen and oxygen atoms in total. The quantitative estimate of drug-likeness (QED) is 0.0443. The molecule has 0 amide bonds. The van der Waals surface area contributed by atoms with Gasteiger partial charge in [-0.1, -0.05) is 147 Å². The number of nitrogens with zero attached hydrogens (tertiary/aromatic N) is 8. The molecule has 0 atom stereocenters. The Morgan fingerprint density at radius 1 is 0.522 bits per heavy atom. The van der Waals surface area contributed by atoms with Crippen molar-refractivity contribution in [3.8, 4) is 5.88 Å². The van der Waals surface area contributed by atoms with E-state index >= 15 is 0 Å². The summed E-state index contributed by atoms with van der Waals surface area (Å²) in [7, 11) is 0. The molecule has 4 aromatic carbocycles. The molecule has 0 bridgehead atoms. The fraction of sp³-hybridized carbons (Fsp3) is 0.400. The van der Waals surface area contributed by atoms with Gasteiger partial charge in [0.25, 0.3) is 0 Å². The molecule has 2 aromatic heterocycles. The van der Waals surface area contributed by atoms with Crippen LogP contribution in [0.3, 0.4) is 0 Å². The van der Waals surface area contributed by atoms with Crippen molar-refractivity contribution >= 4 is 17.6 Å². The van der Waals surface area contributed by atoms with E-state index in [0.717, 1.165) is 77.3 Å². The standard InChI is InChI=1S/C28H34N6O.C23H32N2O.C4H4O4/c1(2-10-22-35-27-16-15-26-29-23-30-34(26)31-27)9-17-32-18-20-33(21-19-32)28(24-11-5-3-6-12-24)25-13-7-4-8-14-25;26-20-10-2-1-9-15-24-16-18-25(19-17-24)23(21-11-5-3-6-12-21)22-13-7-4-8-14-22;5-3(6)1-2-4(7)8/h3-8,11-16,23,28H,1-2,9-10,17-22H2;3-8,11-14,23,26H,1-2,9-10,15-20H2;1-2H,(H,5,6)(H,7,8). The summed E-state index contributed by atoms with van der Waals surface area (Å²) in [6.45, 7) is 12.4. The van der Waals surface area contributed by atoms with Crippen LogP contribution < -0.4 is 4.74 Å². The van der Waals surface area contributed by atoms with Crippen LogP contribution in [-0.4, -0.2) is 145 Å². The Morgan fingerprint density at radius 2 is 0.928 bits per heavy atom. The number of carboxylic acids is 2. The molecular weight excluding hydrogens is 869 g/mol. The topological polar surface area (TPSA) is 160 Å². The van der Waals surface area contributed by atoms with Crippen LogP contribution in [0.25, 0.3) is 5.65 Å². The number of hydrogen-bond donors (Lipinski definition) is 3. The summed E-state index contributed by atoms with van der Waals surface area (Å²) in [5.74, 6) is -1.91. The Hall–Kier alpha value is -6.29. The van der Waals surface area contributed by atoms with E-state index < -0.39 is 11.9 Å². The molecule has 0 radical (unpaired) electrons. The van der Waals surface area contributed by atoms with Crippen LogP contribution in [0.4, 0.5) is 0 Å². The van der Waals surface area contributed by atoms with Crippen molar-refractivity contribution < 1.29 is 29.6 Å². The Balaban J connectivity index is 0.000000202. The highest BCUT2D eigenvalue weighted by Crippen LogP contribution is 2.31. The number of hydrogen-bond acceptors (Lipinski definition) is 11. The number of aromatic nitrogens is 4. The lowest BCUT2D eigenvalue weighted by molar-refractivity contribution is -0.134. The summed E-state index contributed by atoms with van der Waals surface area (Å²) in [4.78, 5) is 33.7. The third-order valence-electron chi connectivity index (χ3n) is 12.5. The van der Waals surface area contributed by atoms with Crippen molar-refractivity contribution in [2.24, 2.45) is 0 Å². The molecule has 8 rings (SSSR count). The minimum Gasteiger partial charge on any atom is -0.478 e. The predicted octanol–water partition coefficient (Wildman–Crippen LogP) is 8.13. The maximum atomic E-state index is 9.55. The monoisotopic (exact) mass is 939 g/mol. The second kappa shape index (κ2) is 29.6. The minimum atomic E-state index is -1.26. The van der Waals surface area contributed by atoms with Crippen LogP contribution >= 0.6 is 0 Å². The van der Waals surface area contributed by atoms with E-state index in [1.165, 1.54) is 78.4 Å². The lowest BCUT2D eigenvalue weighted by Gasteiger charge is -2.39. The molecule has 0 saturated carbocycles. The first-order valence-electron chi connectivity index (χ1n) is 24.5. The summed E-state index contributed by atoms with van der Waals surface area (Å²) in [6, 6.07) is 48.1. The first-order chi connectivity index (χ1) is 33.9. The van der Waals surface area contributed by atoms with Gasteiger partial charge in [0.15, 0.2) is 5.65 Å². The number of aliphatic carboxylic acids is 2. The predicted molar refractivity (Wildman–Crippen MR) is 270 cm³/mol. The summed E-state index contributed by atoms with van der Waals surface area (Å²) in [5.41, 5.74) is 6.26. The molecule has 0 spiro atoms. The van der Waals surface area contributed by atoms with Crippen molar-refractivity contribution in [2.75, 3.05) is 78.7 Å². The van der Waals surface area contributed by atoms with Gasteiger partial charge in [-0.15, -0.1) is 14.8 Å². The number of ether oxygens (including phenoxy) is 1. The van der Waals surface area contributed by atoms with Crippen molar-refractivity contribution in [1.29, 1.82) is 0 Å². The number of benzene rings is 4. The van der Waals surface area contributed by atoms with Gasteiger partial charge in [-0.3, -0.25) is 9.80 Å². The molecule has 3 N–H and O–H groups in total. The first-order valence-corrected chi connectivity index (χ1v) is 24.5. The number of aliphatic hydroxyl groups is 1. The van der Waals surface area contributed by atoms with Crippen LogP contribution in [0.2, 0.25) is 0 Å². The highest BCUT2D eigenvalue weighted by molar-refractivity contribution is 5.89. The zero-order valence-electron chi connectivity index (χ0n) is 39.9. The van der Waals surface area contributed by atoms with Gasteiger partial charge in [0.2, 0.25) is 5.88 Å². The molecule has 4 heterocycles. The smallest absolute Gasteiger partial charge is 0.328 e. The molecular formula is C55H70N8O6. The molecule has 6 aromatic rings. The van der Waals surface area contributed by atoms with Gasteiger partial charge in [-0.2, -0.15) is 0 Å². The molecule has 366 valence electrons. The fourth-order valence-corrected chi connectivity index (χ4v) is 8.95. The molecule has 0 aliphatic carbocycles. The number of carboxylic acid groups (broad SMARTS) is 2. The van der Waals surface area contributed by atoms with E-state index in [4.69, 9.17) is 20.1 Å². The molecule has 2 aliphatic heterocycles. The lowest BCUT2D eigenvalue weighted by Crippen LogP contribution is -2.48. The molecule has 14 heteroatoms. The number of aliphatic hydroxyl groups excluding tert-OH is 1. The van der Waals surface area contributed by atoms with E-state index in [9.17, 15) is 9.59 Å². The van der Waals surface area contributed by atoms with Crippen molar-refractivity contribution in [3.63, 3.8) is 0 Å². The average molecular weight is 939 g/mol. The van der Waals surface area contributed by atoms with E-state index in [2.05, 4.69) is 156 Å². The maximum absolute atomic E-state index is 9.55. The summed E-state index contributed by atoms with van der Waals surface area (Å²) < 4.78 is 7.27. The van der Waals surface area contributed by atoms with Crippen LogP contribution in [0, 0.1) is 0 Å². The van der Waals surface area contributed by atoms with Gasteiger partial charge in [0, 0.05) is 77.2 Å². The Morgan fingerprint density at radius 3 is 1.33 bits per heavy atom. The average Bonchev–Trinajstić information content (AvgIpc) is 3.87. The second-order valence-electron chi connectivity index (χ2n) is 17.4. The zero-order valence-corrected chi connectivity index (χ0v) is 39.9. The van der Waals surface area contributed by atoms with Crippen LogP contribution in [-0.2, 0) is 9.59 Å². The van der Waals surface area contributed by atoms with Crippen LogP contribution in [0.15, 0.2) is 152 Å². The highest BCUT2D eigenvalue weighted by Gasteiger charge is 2.27. The van der Waals surface area contributed by atoms with Gasteiger partial charge >= 0.3 is 11.9 Å². The number of carbonyl (C=O) groups is 2. The molecule has 2 aliphatic rings. The zero-order chi connectivity index (χ0) is 48.3. The molecule has 0 unspecified atom stereocenters. The van der Waals surface area contributed by atoms with E-state index in [-0.39, 0.29) is 0 Å². The third kappa shape index (κ3) is 18.0. The van der Waals surface area contributed by atoms with Gasteiger partial charge < -0.3 is 29.9 Å². The first kappa shape index (κ1) is 52.1. The van der Waals surface area contributed by atoms with Crippen LogP contribution in [0.1, 0.15) is 85.7 Å². The third-order valence-corrected chi connectivity index (χ3v) is 12.5. The highest BCUT2D eigenvalue weighted by atomic mass is 16.5. The number of fused-ring (bicyclic) bond motifs is 1. The van der Waals surface area contributed by atoms with Crippen LogP contribution in [0.5, 0.6) is 5.88 Å². The van der Waals surface area contributed by atoms with Gasteiger partial charge in [0.1, 0.15) is 6.33 Å². The van der Waals surface area contributed by atoms with Gasteiger partial charge in [-0.25, -0.2) is 14.6 Å². The van der Waals surface area contributed by atoms with Gasteiger partial charge in [-0.05, 0) is 67.1 Å². The Kier molecular flexibility index (Phi) is 22.3. The van der Waals surface area contributed by atoms with E-state index in [1.807, 2.05) is 12.1 Å². The summed E-state index contributed by atoms with van der Waals surface area (Å²) in [5, 5.41) is 32.8. The fourth-order valence-electron chi connectivity index (χ4n) is 8.95. The maximum Gasteiger partial charge on any atom is 0.328 e. The molecule has 69 heavy (non-hydrogen) atoms. The van der Waals surface area contributed by atoms with E-state index in [1.54, 1.807) is 0 Å². The van der Waals surface area contributed by atoms with Crippen molar-refractivity contribution in [2.45, 2.75) is 63.5 Å². The minimum absolute atomic E-state index is 0.332. The lowest BCUT2D eigenvalue weighted by atomic mass is 9.96. The largest absolute Gasteiger partial charge is 0.478 e. The Labute approximate surface area is 407 Å². The normalized spacial score (nSPS) is 14.9. The summed E-state index contributed by atoms with van der Waals surface area (Å²) >= 11 is 0. The number of rotatable bonds is 22.